The first-order chi connectivity index (χ1) is 9.26. The van der Waals surface area contributed by atoms with Crippen molar-refractivity contribution in [3.05, 3.63) is 29.3 Å². The van der Waals surface area contributed by atoms with Gasteiger partial charge in [-0.3, -0.25) is 4.79 Å². The second kappa shape index (κ2) is 6.71. The van der Waals surface area contributed by atoms with Gasteiger partial charge in [-0.1, -0.05) is 32.0 Å². The number of hydrogen-bond donors (Lipinski definition) is 2. The van der Waals surface area contributed by atoms with Crippen molar-refractivity contribution in [1.82, 2.24) is 5.32 Å². The molecule has 1 amide bonds. The fourth-order valence-electron chi connectivity index (χ4n) is 2.70. The number of hydrogen-bond acceptors (Lipinski definition) is 2. The van der Waals surface area contributed by atoms with E-state index in [4.69, 9.17) is 0 Å². The highest BCUT2D eigenvalue weighted by molar-refractivity contribution is 5.94. The van der Waals surface area contributed by atoms with Crippen molar-refractivity contribution in [2.24, 2.45) is 5.92 Å². The van der Waals surface area contributed by atoms with Crippen molar-refractivity contribution in [2.45, 2.75) is 39.5 Å². The van der Waals surface area contributed by atoms with Gasteiger partial charge in [0.1, 0.15) is 0 Å². The van der Waals surface area contributed by atoms with Gasteiger partial charge in [-0.05, 0) is 43.4 Å². The Hall–Kier alpha value is -1.35. The predicted octanol–water partition coefficient (Wildman–Crippen LogP) is 2.75. The lowest BCUT2D eigenvalue weighted by atomic mass is 9.97. The molecule has 1 heterocycles. The summed E-state index contributed by atoms with van der Waals surface area (Å²) < 4.78 is 0. The van der Waals surface area contributed by atoms with Crippen molar-refractivity contribution in [3.63, 3.8) is 0 Å². The van der Waals surface area contributed by atoms with Gasteiger partial charge in [0.2, 0.25) is 5.91 Å². The molecule has 0 bridgehead atoms. The minimum atomic E-state index is 0.114. The van der Waals surface area contributed by atoms with Gasteiger partial charge in [-0.2, -0.15) is 0 Å². The number of rotatable bonds is 4. The fraction of sp³-hybridized carbons (Fsp3) is 0.562. The van der Waals surface area contributed by atoms with E-state index in [9.17, 15) is 4.79 Å². The van der Waals surface area contributed by atoms with Crippen LogP contribution in [-0.2, 0) is 17.6 Å². The number of nitrogens with one attached hydrogen (secondary N) is 2. The molecule has 1 aliphatic rings. The average Bonchev–Trinajstić information content (AvgIpc) is 2.48. The van der Waals surface area contributed by atoms with E-state index in [-0.39, 0.29) is 11.8 Å². The maximum absolute atomic E-state index is 12.4. The maximum Gasteiger partial charge on any atom is 0.228 e. The van der Waals surface area contributed by atoms with Crippen LogP contribution in [0.15, 0.2) is 18.2 Å². The van der Waals surface area contributed by atoms with Gasteiger partial charge >= 0.3 is 0 Å². The third-order valence-corrected chi connectivity index (χ3v) is 3.91. The Kier molecular flexibility index (Phi) is 4.97. The van der Waals surface area contributed by atoms with Gasteiger partial charge in [-0.25, -0.2) is 0 Å². The SMILES string of the molecule is CCc1cccc(CC)c1NC(=O)[C@@H]1CCCNC1. The van der Waals surface area contributed by atoms with Gasteiger partial charge in [0.15, 0.2) is 0 Å². The first-order valence-corrected chi connectivity index (χ1v) is 7.38. The van der Waals surface area contributed by atoms with E-state index in [0.29, 0.717) is 0 Å². The molecule has 0 radical (unpaired) electrons. The smallest absolute Gasteiger partial charge is 0.228 e. The van der Waals surface area contributed by atoms with Crippen LogP contribution in [0.4, 0.5) is 5.69 Å². The number of piperidine rings is 1. The number of benzene rings is 1. The molecule has 1 aromatic carbocycles. The third-order valence-electron chi connectivity index (χ3n) is 3.91. The molecule has 1 aromatic rings. The Morgan fingerprint density at radius 2 is 2.00 bits per heavy atom. The van der Waals surface area contributed by atoms with Crippen LogP contribution in [0.5, 0.6) is 0 Å². The van der Waals surface area contributed by atoms with Gasteiger partial charge in [0.05, 0.1) is 5.92 Å². The largest absolute Gasteiger partial charge is 0.325 e. The molecule has 0 aromatic heterocycles. The van der Waals surface area contributed by atoms with Crippen LogP contribution in [0.3, 0.4) is 0 Å². The van der Waals surface area contributed by atoms with E-state index >= 15 is 0 Å². The molecule has 2 N–H and O–H groups in total. The lowest BCUT2D eigenvalue weighted by Crippen LogP contribution is -2.37. The standard InChI is InChI=1S/C16H24N2O/c1-3-12-7-5-8-13(4-2)15(12)18-16(19)14-9-6-10-17-11-14/h5,7-8,14,17H,3-4,6,9-11H2,1-2H3,(H,18,19)/t14-/m1/s1. The summed E-state index contributed by atoms with van der Waals surface area (Å²) >= 11 is 0. The van der Waals surface area contributed by atoms with Crippen molar-refractivity contribution in [2.75, 3.05) is 18.4 Å². The number of para-hydroxylation sites is 1. The van der Waals surface area contributed by atoms with Crippen molar-refractivity contribution in [1.29, 1.82) is 0 Å². The number of anilines is 1. The minimum absolute atomic E-state index is 0.114. The van der Waals surface area contributed by atoms with Crippen molar-refractivity contribution >= 4 is 11.6 Å². The van der Waals surface area contributed by atoms with E-state index in [1.54, 1.807) is 0 Å². The third kappa shape index (κ3) is 3.35. The minimum Gasteiger partial charge on any atom is -0.325 e. The van der Waals surface area contributed by atoms with Crippen molar-refractivity contribution in [3.8, 4) is 0 Å². The van der Waals surface area contributed by atoms with Crippen LogP contribution in [0.2, 0.25) is 0 Å². The highest BCUT2D eigenvalue weighted by Gasteiger charge is 2.22. The lowest BCUT2D eigenvalue weighted by Gasteiger charge is -2.23. The normalized spacial score (nSPS) is 19.2. The second-order valence-electron chi connectivity index (χ2n) is 5.19. The average molecular weight is 260 g/mol. The van der Waals surface area contributed by atoms with Crippen LogP contribution in [-0.4, -0.2) is 19.0 Å². The van der Waals surface area contributed by atoms with Crippen LogP contribution in [0.25, 0.3) is 0 Å². The Bertz CT molecular complexity index is 414. The predicted molar refractivity (Wildman–Crippen MR) is 79.4 cm³/mol. The number of amides is 1. The molecule has 0 spiro atoms. The molecule has 3 nitrogen and oxygen atoms in total. The zero-order valence-electron chi connectivity index (χ0n) is 12.0. The molecule has 104 valence electrons. The van der Waals surface area contributed by atoms with Gasteiger partial charge in [0.25, 0.3) is 0 Å². The topological polar surface area (TPSA) is 41.1 Å². The number of carbonyl (C=O) groups is 1. The summed E-state index contributed by atoms with van der Waals surface area (Å²) in [6.45, 7) is 6.11. The van der Waals surface area contributed by atoms with Crippen LogP contribution < -0.4 is 10.6 Å². The maximum atomic E-state index is 12.4. The summed E-state index contributed by atoms with van der Waals surface area (Å²) in [4.78, 5) is 12.4. The molecule has 0 unspecified atom stereocenters. The quantitative estimate of drug-likeness (QED) is 0.874. The Labute approximate surface area is 115 Å². The molecule has 2 rings (SSSR count). The molecular formula is C16H24N2O. The Morgan fingerprint density at radius 3 is 2.53 bits per heavy atom. The fourth-order valence-corrected chi connectivity index (χ4v) is 2.70. The molecule has 0 aliphatic carbocycles. The zero-order valence-corrected chi connectivity index (χ0v) is 12.0. The van der Waals surface area contributed by atoms with Crippen LogP contribution >= 0.6 is 0 Å². The monoisotopic (exact) mass is 260 g/mol. The van der Waals surface area contributed by atoms with E-state index in [1.165, 1.54) is 11.1 Å². The Morgan fingerprint density at radius 1 is 1.32 bits per heavy atom. The highest BCUT2D eigenvalue weighted by atomic mass is 16.1. The summed E-state index contributed by atoms with van der Waals surface area (Å²) in [7, 11) is 0. The summed E-state index contributed by atoms with van der Waals surface area (Å²) in [6.07, 6.45) is 3.99. The molecule has 1 saturated heterocycles. The summed E-state index contributed by atoms with van der Waals surface area (Å²) in [5, 5.41) is 6.47. The molecular weight excluding hydrogens is 236 g/mol. The summed E-state index contributed by atoms with van der Waals surface area (Å²) in [5.41, 5.74) is 3.51. The van der Waals surface area contributed by atoms with E-state index < -0.39 is 0 Å². The number of carbonyl (C=O) groups excluding carboxylic acids is 1. The van der Waals surface area contributed by atoms with E-state index in [1.807, 2.05) is 0 Å². The van der Waals surface area contributed by atoms with E-state index in [2.05, 4.69) is 42.7 Å². The molecule has 0 saturated carbocycles. The Balaban J connectivity index is 2.15. The zero-order chi connectivity index (χ0) is 13.7. The highest BCUT2D eigenvalue weighted by Crippen LogP contribution is 2.24. The van der Waals surface area contributed by atoms with Gasteiger partial charge in [0, 0.05) is 12.2 Å². The summed E-state index contributed by atoms with van der Waals surface area (Å²) in [6, 6.07) is 6.29. The lowest BCUT2D eigenvalue weighted by molar-refractivity contribution is -0.120. The van der Waals surface area contributed by atoms with Crippen molar-refractivity contribution < 1.29 is 4.79 Å². The van der Waals surface area contributed by atoms with Gasteiger partial charge < -0.3 is 10.6 Å². The van der Waals surface area contributed by atoms with Gasteiger partial charge in [-0.15, -0.1) is 0 Å². The van der Waals surface area contributed by atoms with Crippen LogP contribution in [0.1, 0.15) is 37.8 Å². The number of aryl methyl sites for hydroxylation is 2. The molecule has 19 heavy (non-hydrogen) atoms. The second-order valence-corrected chi connectivity index (χ2v) is 5.19. The summed E-state index contributed by atoms with van der Waals surface area (Å²) in [5.74, 6) is 0.283. The van der Waals surface area contributed by atoms with E-state index in [0.717, 1.165) is 44.5 Å². The molecule has 1 aliphatic heterocycles. The molecule has 1 fully saturated rings. The molecule has 1 atom stereocenters. The first-order valence-electron chi connectivity index (χ1n) is 7.38. The molecule has 3 heteroatoms. The van der Waals surface area contributed by atoms with Crippen LogP contribution in [0, 0.1) is 5.92 Å². The first kappa shape index (κ1) is 14.1.